The van der Waals surface area contributed by atoms with E-state index in [0.717, 1.165) is 23.7 Å². The van der Waals surface area contributed by atoms with E-state index in [4.69, 9.17) is 10.2 Å². The van der Waals surface area contributed by atoms with Gasteiger partial charge in [0.1, 0.15) is 5.76 Å². The molecule has 0 aliphatic heterocycles. The van der Waals surface area contributed by atoms with Gasteiger partial charge in [-0.1, -0.05) is 0 Å². The van der Waals surface area contributed by atoms with Gasteiger partial charge in [-0.3, -0.25) is 0 Å². The molecule has 0 fully saturated rings. The average Bonchev–Trinajstić information content (AvgIpc) is 2.88. The van der Waals surface area contributed by atoms with Gasteiger partial charge in [-0.15, -0.1) is 0 Å². The number of rotatable bonds is 5. The molecule has 2 rings (SSSR count). The third-order valence-corrected chi connectivity index (χ3v) is 2.70. The highest BCUT2D eigenvalue weighted by Crippen LogP contribution is 2.14. The van der Waals surface area contributed by atoms with Crippen molar-refractivity contribution >= 4 is 5.95 Å². The zero-order valence-electron chi connectivity index (χ0n) is 10.8. The van der Waals surface area contributed by atoms with Crippen LogP contribution in [0.2, 0.25) is 0 Å². The summed E-state index contributed by atoms with van der Waals surface area (Å²) in [5.41, 5.74) is 7.42. The first-order chi connectivity index (χ1) is 8.72. The Morgan fingerprint density at radius 3 is 2.83 bits per heavy atom. The summed E-state index contributed by atoms with van der Waals surface area (Å²) in [6.07, 6.45) is 1.67. The average molecular weight is 246 g/mol. The lowest BCUT2D eigenvalue weighted by Crippen LogP contribution is -2.25. The van der Waals surface area contributed by atoms with Crippen LogP contribution in [-0.4, -0.2) is 16.5 Å². The van der Waals surface area contributed by atoms with Crippen molar-refractivity contribution in [2.75, 3.05) is 11.4 Å². The highest BCUT2D eigenvalue weighted by atomic mass is 16.3. The molecule has 2 aromatic heterocycles. The highest BCUT2D eigenvalue weighted by Gasteiger charge is 2.11. The molecule has 0 atom stereocenters. The van der Waals surface area contributed by atoms with Crippen LogP contribution in [0.3, 0.4) is 0 Å². The van der Waals surface area contributed by atoms with E-state index < -0.39 is 0 Å². The van der Waals surface area contributed by atoms with Crippen LogP contribution in [0.25, 0.3) is 0 Å². The molecule has 0 aliphatic carbocycles. The van der Waals surface area contributed by atoms with E-state index in [1.807, 2.05) is 25.1 Å². The number of nitrogens with zero attached hydrogens (tertiary/aromatic N) is 3. The van der Waals surface area contributed by atoms with E-state index >= 15 is 0 Å². The second kappa shape index (κ2) is 5.64. The maximum atomic E-state index is 5.64. The van der Waals surface area contributed by atoms with Crippen LogP contribution in [0.4, 0.5) is 5.95 Å². The summed E-state index contributed by atoms with van der Waals surface area (Å²) >= 11 is 0. The third-order valence-electron chi connectivity index (χ3n) is 2.70. The molecule has 5 heteroatoms. The maximum absolute atomic E-state index is 5.64. The van der Waals surface area contributed by atoms with Crippen molar-refractivity contribution in [1.29, 1.82) is 0 Å². The van der Waals surface area contributed by atoms with Crippen molar-refractivity contribution in [3.63, 3.8) is 0 Å². The van der Waals surface area contributed by atoms with E-state index in [-0.39, 0.29) is 0 Å². The SMILES string of the molecule is CCN(Cc1ccco1)c1nc(C)cc(CN)n1. The molecule has 96 valence electrons. The van der Waals surface area contributed by atoms with Gasteiger partial charge >= 0.3 is 0 Å². The second-order valence-electron chi connectivity index (χ2n) is 4.10. The molecule has 0 aliphatic rings. The molecule has 0 unspecified atom stereocenters. The fourth-order valence-corrected chi connectivity index (χ4v) is 1.78. The molecule has 0 saturated heterocycles. The van der Waals surface area contributed by atoms with Gasteiger partial charge in [0.2, 0.25) is 5.95 Å². The molecule has 0 aromatic carbocycles. The fourth-order valence-electron chi connectivity index (χ4n) is 1.78. The van der Waals surface area contributed by atoms with Gasteiger partial charge in [0, 0.05) is 18.8 Å². The summed E-state index contributed by atoms with van der Waals surface area (Å²) in [6.45, 7) is 5.92. The molecule has 0 saturated carbocycles. The summed E-state index contributed by atoms with van der Waals surface area (Å²) in [5.74, 6) is 1.60. The van der Waals surface area contributed by atoms with Crippen LogP contribution in [0.15, 0.2) is 28.9 Å². The zero-order chi connectivity index (χ0) is 13.0. The Morgan fingerprint density at radius 1 is 1.39 bits per heavy atom. The standard InChI is InChI=1S/C13H18N4O/c1-3-17(9-12-5-4-6-18-12)13-15-10(2)7-11(8-14)16-13/h4-7H,3,8-9,14H2,1-2H3. The Labute approximate surface area is 107 Å². The Hall–Kier alpha value is -1.88. The van der Waals surface area contributed by atoms with Crippen molar-refractivity contribution in [3.8, 4) is 0 Å². The van der Waals surface area contributed by atoms with E-state index in [9.17, 15) is 0 Å². The molecule has 0 radical (unpaired) electrons. The number of hydrogen-bond donors (Lipinski definition) is 1. The number of aromatic nitrogens is 2. The molecule has 5 nitrogen and oxygen atoms in total. The van der Waals surface area contributed by atoms with Gasteiger partial charge in [-0.2, -0.15) is 0 Å². The first-order valence-electron chi connectivity index (χ1n) is 6.05. The predicted octanol–water partition coefficient (Wildman–Crippen LogP) is 1.86. The normalized spacial score (nSPS) is 10.6. The fraction of sp³-hybridized carbons (Fsp3) is 0.385. The molecule has 2 aromatic rings. The van der Waals surface area contributed by atoms with E-state index in [2.05, 4.69) is 21.8 Å². The monoisotopic (exact) mass is 246 g/mol. The number of furan rings is 1. The van der Waals surface area contributed by atoms with Crippen LogP contribution < -0.4 is 10.6 Å². The van der Waals surface area contributed by atoms with Gasteiger partial charge in [-0.05, 0) is 32.0 Å². The van der Waals surface area contributed by atoms with Crippen molar-refractivity contribution in [3.05, 3.63) is 41.6 Å². The molecule has 0 spiro atoms. The van der Waals surface area contributed by atoms with Crippen molar-refractivity contribution < 1.29 is 4.42 Å². The number of hydrogen-bond acceptors (Lipinski definition) is 5. The topological polar surface area (TPSA) is 68.2 Å². The van der Waals surface area contributed by atoms with E-state index in [1.165, 1.54) is 0 Å². The van der Waals surface area contributed by atoms with Crippen LogP contribution in [0.5, 0.6) is 0 Å². The van der Waals surface area contributed by atoms with Crippen molar-refractivity contribution in [1.82, 2.24) is 9.97 Å². The molecule has 0 amide bonds. The molecule has 18 heavy (non-hydrogen) atoms. The summed E-state index contributed by atoms with van der Waals surface area (Å²) < 4.78 is 5.35. The van der Waals surface area contributed by atoms with Crippen molar-refractivity contribution in [2.24, 2.45) is 5.73 Å². The highest BCUT2D eigenvalue weighted by molar-refractivity contribution is 5.32. The third kappa shape index (κ3) is 2.87. The second-order valence-corrected chi connectivity index (χ2v) is 4.10. The Kier molecular flexibility index (Phi) is 3.94. The molecule has 2 N–H and O–H groups in total. The Morgan fingerprint density at radius 2 is 2.22 bits per heavy atom. The Bertz CT molecular complexity index is 496. The molecule has 0 bridgehead atoms. The first kappa shape index (κ1) is 12.6. The van der Waals surface area contributed by atoms with Gasteiger partial charge in [0.15, 0.2) is 0 Å². The Balaban J connectivity index is 2.24. The number of aryl methyl sites for hydroxylation is 1. The lowest BCUT2D eigenvalue weighted by Gasteiger charge is -2.20. The smallest absolute Gasteiger partial charge is 0.226 e. The summed E-state index contributed by atoms with van der Waals surface area (Å²) in [5, 5.41) is 0. The van der Waals surface area contributed by atoms with E-state index in [0.29, 0.717) is 19.0 Å². The summed E-state index contributed by atoms with van der Waals surface area (Å²) in [4.78, 5) is 11.0. The van der Waals surface area contributed by atoms with Crippen LogP contribution >= 0.6 is 0 Å². The molecular formula is C13H18N4O. The van der Waals surface area contributed by atoms with Crippen LogP contribution in [0, 0.1) is 6.92 Å². The molecule has 2 heterocycles. The van der Waals surface area contributed by atoms with Gasteiger partial charge in [-0.25, -0.2) is 9.97 Å². The lowest BCUT2D eigenvalue weighted by molar-refractivity contribution is 0.501. The van der Waals surface area contributed by atoms with Gasteiger partial charge in [0.25, 0.3) is 0 Å². The van der Waals surface area contributed by atoms with Crippen LogP contribution in [-0.2, 0) is 13.1 Å². The van der Waals surface area contributed by atoms with Gasteiger partial charge in [0.05, 0.1) is 18.5 Å². The zero-order valence-corrected chi connectivity index (χ0v) is 10.8. The summed E-state index contributed by atoms with van der Waals surface area (Å²) in [6, 6.07) is 5.73. The van der Waals surface area contributed by atoms with Crippen molar-refractivity contribution in [2.45, 2.75) is 26.9 Å². The first-order valence-corrected chi connectivity index (χ1v) is 6.05. The van der Waals surface area contributed by atoms with Crippen LogP contribution in [0.1, 0.15) is 24.1 Å². The number of anilines is 1. The minimum Gasteiger partial charge on any atom is -0.467 e. The lowest BCUT2D eigenvalue weighted by atomic mass is 10.3. The van der Waals surface area contributed by atoms with E-state index in [1.54, 1.807) is 6.26 Å². The number of nitrogens with two attached hydrogens (primary N) is 1. The predicted molar refractivity (Wildman–Crippen MR) is 70.1 cm³/mol. The minimum atomic E-state index is 0.425. The maximum Gasteiger partial charge on any atom is 0.226 e. The molecular weight excluding hydrogens is 228 g/mol. The largest absolute Gasteiger partial charge is 0.467 e. The quantitative estimate of drug-likeness (QED) is 0.872. The minimum absolute atomic E-state index is 0.425. The summed E-state index contributed by atoms with van der Waals surface area (Å²) in [7, 11) is 0. The van der Waals surface area contributed by atoms with Gasteiger partial charge < -0.3 is 15.1 Å².